The third-order valence-corrected chi connectivity index (χ3v) is 7.02. The van der Waals surface area contributed by atoms with Crippen molar-refractivity contribution in [1.82, 2.24) is 24.5 Å². The maximum atomic E-state index is 13.0. The normalized spacial score (nSPS) is 13.1. The topological polar surface area (TPSA) is 96.1 Å². The van der Waals surface area contributed by atoms with E-state index in [1.807, 2.05) is 80.9 Å². The first-order chi connectivity index (χ1) is 16.9. The number of fused-ring (bicyclic) bond motifs is 1. The van der Waals surface area contributed by atoms with Crippen LogP contribution in [0.5, 0.6) is 11.5 Å². The van der Waals surface area contributed by atoms with E-state index in [1.165, 1.54) is 11.8 Å². The van der Waals surface area contributed by atoms with Crippen LogP contribution in [0.3, 0.4) is 0 Å². The van der Waals surface area contributed by atoms with Gasteiger partial charge in [-0.2, -0.15) is 5.10 Å². The lowest BCUT2D eigenvalue weighted by atomic mass is 10.2. The van der Waals surface area contributed by atoms with Crippen LogP contribution in [0.1, 0.15) is 23.9 Å². The highest BCUT2D eigenvalue weighted by Gasteiger charge is 2.23. The Hall–Kier alpha value is -3.79. The third-order valence-electron chi connectivity index (χ3n) is 5.94. The Balaban J connectivity index is 1.42. The van der Waals surface area contributed by atoms with Crippen LogP contribution in [-0.4, -0.2) is 42.5 Å². The molecule has 0 fully saturated rings. The van der Waals surface area contributed by atoms with Crippen molar-refractivity contribution in [1.29, 1.82) is 0 Å². The van der Waals surface area contributed by atoms with E-state index < -0.39 is 5.25 Å². The van der Waals surface area contributed by atoms with Crippen molar-refractivity contribution in [3.8, 4) is 22.9 Å². The van der Waals surface area contributed by atoms with Crippen LogP contribution >= 0.6 is 11.8 Å². The summed E-state index contributed by atoms with van der Waals surface area (Å²) in [5.41, 5.74) is 4.41. The van der Waals surface area contributed by atoms with Crippen LogP contribution in [0.15, 0.2) is 53.7 Å². The average Bonchev–Trinajstić information content (AvgIpc) is 3.54. The molecule has 1 amide bonds. The molecule has 0 spiro atoms. The van der Waals surface area contributed by atoms with Crippen molar-refractivity contribution >= 4 is 23.4 Å². The fourth-order valence-electron chi connectivity index (χ4n) is 3.93. The zero-order chi connectivity index (χ0) is 24.5. The summed E-state index contributed by atoms with van der Waals surface area (Å²) in [6.07, 6.45) is 0. The summed E-state index contributed by atoms with van der Waals surface area (Å²) in [5, 5.41) is 16.6. The highest BCUT2D eigenvalue weighted by molar-refractivity contribution is 8.00. The van der Waals surface area contributed by atoms with E-state index >= 15 is 0 Å². The largest absolute Gasteiger partial charge is 0.454 e. The molecule has 0 aliphatic carbocycles. The van der Waals surface area contributed by atoms with Crippen LogP contribution in [0.2, 0.25) is 0 Å². The lowest BCUT2D eigenvalue weighted by molar-refractivity contribution is -0.115. The van der Waals surface area contributed by atoms with Crippen molar-refractivity contribution in [2.75, 3.05) is 12.1 Å². The molecule has 1 atom stereocenters. The second kappa shape index (κ2) is 9.46. The number of rotatable bonds is 7. The zero-order valence-corrected chi connectivity index (χ0v) is 20.8. The van der Waals surface area contributed by atoms with Crippen molar-refractivity contribution in [2.45, 2.75) is 37.7 Å². The number of thioether (sulfide) groups is 1. The van der Waals surface area contributed by atoms with Crippen LogP contribution in [0.25, 0.3) is 11.4 Å². The first-order valence-corrected chi connectivity index (χ1v) is 12.1. The molecule has 2 aromatic carbocycles. The minimum Gasteiger partial charge on any atom is -0.454 e. The number of hydrogen-bond donors (Lipinski definition) is 1. The molecule has 1 aliphatic heterocycles. The number of hydrogen-bond acceptors (Lipinski definition) is 7. The molecule has 1 N–H and O–H groups in total. The van der Waals surface area contributed by atoms with Crippen molar-refractivity contribution in [3.63, 3.8) is 0 Å². The summed E-state index contributed by atoms with van der Waals surface area (Å²) in [4.78, 5) is 13.0. The molecular formula is C25H26N6O3S. The second-order valence-corrected chi connectivity index (χ2v) is 9.67. The average molecular weight is 491 g/mol. The Morgan fingerprint density at radius 1 is 1.11 bits per heavy atom. The summed E-state index contributed by atoms with van der Waals surface area (Å²) in [6.45, 7) is 6.43. The fraction of sp³-hybridized carbons (Fsp3) is 0.280. The highest BCUT2D eigenvalue weighted by atomic mass is 32.2. The molecule has 1 aliphatic rings. The number of benzene rings is 2. The van der Waals surface area contributed by atoms with E-state index in [0.29, 0.717) is 11.7 Å². The quantitative estimate of drug-likeness (QED) is 0.388. The van der Waals surface area contributed by atoms with Gasteiger partial charge in [-0.25, -0.2) is 0 Å². The van der Waals surface area contributed by atoms with Gasteiger partial charge in [0.05, 0.1) is 28.9 Å². The Kier molecular flexibility index (Phi) is 6.21. The zero-order valence-electron chi connectivity index (χ0n) is 20.0. The molecule has 4 aromatic rings. The number of aryl methyl sites for hydroxylation is 2. The van der Waals surface area contributed by atoms with E-state index in [4.69, 9.17) is 9.47 Å². The molecular weight excluding hydrogens is 464 g/mol. The molecule has 35 heavy (non-hydrogen) atoms. The minimum atomic E-state index is -0.405. The number of nitrogens with one attached hydrogen (secondary N) is 1. The van der Waals surface area contributed by atoms with E-state index in [9.17, 15) is 4.79 Å². The van der Waals surface area contributed by atoms with Gasteiger partial charge in [0, 0.05) is 12.6 Å². The van der Waals surface area contributed by atoms with Crippen molar-refractivity contribution < 1.29 is 14.3 Å². The van der Waals surface area contributed by atoms with Crippen molar-refractivity contribution in [2.24, 2.45) is 7.05 Å². The summed E-state index contributed by atoms with van der Waals surface area (Å²) < 4.78 is 14.8. The van der Waals surface area contributed by atoms with E-state index in [2.05, 4.69) is 20.6 Å². The molecule has 0 unspecified atom stereocenters. The third kappa shape index (κ3) is 4.61. The van der Waals surface area contributed by atoms with Crippen LogP contribution in [0, 0.1) is 13.8 Å². The number of aromatic nitrogens is 5. The van der Waals surface area contributed by atoms with Gasteiger partial charge in [0.1, 0.15) is 0 Å². The van der Waals surface area contributed by atoms with Gasteiger partial charge in [-0.1, -0.05) is 48.2 Å². The van der Waals surface area contributed by atoms with Gasteiger partial charge < -0.3 is 14.8 Å². The van der Waals surface area contributed by atoms with Crippen molar-refractivity contribution in [3.05, 3.63) is 65.5 Å². The summed E-state index contributed by atoms with van der Waals surface area (Å²) in [6, 6.07) is 15.8. The predicted octanol–water partition coefficient (Wildman–Crippen LogP) is 4.19. The number of amides is 1. The fourth-order valence-corrected chi connectivity index (χ4v) is 4.78. The Bertz CT molecular complexity index is 1380. The van der Waals surface area contributed by atoms with Crippen LogP contribution < -0.4 is 14.8 Å². The Morgan fingerprint density at radius 3 is 2.63 bits per heavy atom. The summed E-state index contributed by atoms with van der Waals surface area (Å²) >= 11 is 1.37. The Labute approximate surface area is 207 Å². The van der Waals surface area contributed by atoms with E-state index in [-0.39, 0.29) is 12.7 Å². The maximum absolute atomic E-state index is 13.0. The molecule has 0 bridgehead atoms. The minimum absolute atomic E-state index is 0.118. The number of carbonyl (C=O) groups is 1. The van der Waals surface area contributed by atoms with Gasteiger partial charge in [-0.15, -0.1) is 10.2 Å². The molecule has 5 rings (SSSR count). The number of anilines is 1. The van der Waals surface area contributed by atoms with Gasteiger partial charge in [-0.3, -0.25) is 14.0 Å². The van der Waals surface area contributed by atoms with Gasteiger partial charge in [0.25, 0.3) is 0 Å². The molecule has 10 heteroatoms. The summed E-state index contributed by atoms with van der Waals surface area (Å²) in [5.74, 6) is 2.08. The van der Waals surface area contributed by atoms with E-state index in [1.54, 1.807) is 4.68 Å². The monoisotopic (exact) mass is 490 g/mol. The molecule has 9 nitrogen and oxygen atoms in total. The second-order valence-electron chi connectivity index (χ2n) is 8.36. The number of nitrogens with zero attached hydrogens (tertiary/aromatic N) is 5. The number of carbonyl (C=O) groups excluding carboxylic acids is 1. The molecule has 0 saturated heterocycles. The lowest BCUT2D eigenvalue weighted by Gasteiger charge is -2.14. The standard InChI is InChI=1S/C25H26N6O3S/c1-15-22(16(2)30(4)29-15)26-24(32)17(3)35-25-28-27-23(19-8-6-5-7-9-19)31(25)13-18-10-11-20-21(12-18)34-14-33-20/h5-12,17H,13-14H2,1-4H3,(H,26,32)/t17-/m1/s1. The molecule has 3 heterocycles. The van der Waals surface area contributed by atoms with Gasteiger partial charge in [-0.05, 0) is 38.5 Å². The Morgan fingerprint density at radius 2 is 1.89 bits per heavy atom. The van der Waals surface area contributed by atoms with Gasteiger partial charge in [0.2, 0.25) is 12.7 Å². The van der Waals surface area contributed by atoms with Gasteiger partial charge in [0.15, 0.2) is 22.5 Å². The van der Waals surface area contributed by atoms with Crippen LogP contribution in [-0.2, 0) is 18.4 Å². The SMILES string of the molecule is Cc1nn(C)c(C)c1NC(=O)[C@@H](C)Sc1nnc(-c2ccccc2)n1Cc1ccc2c(c1)OCO2. The van der Waals surface area contributed by atoms with E-state index in [0.717, 1.165) is 45.5 Å². The first kappa shape index (κ1) is 23.0. The van der Waals surface area contributed by atoms with Crippen LogP contribution in [0.4, 0.5) is 5.69 Å². The highest BCUT2D eigenvalue weighted by Crippen LogP contribution is 2.34. The first-order valence-electron chi connectivity index (χ1n) is 11.3. The lowest BCUT2D eigenvalue weighted by Crippen LogP contribution is -2.23. The maximum Gasteiger partial charge on any atom is 0.237 e. The van der Waals surface area contributed by atoms with Gasteiger partial charge >= 0.3 is 0 Å². The molecule has 180 valence electrons. The molecule has 0 saturated carbocycles. The smallest absolute Gasteiger partial charge is 0.237 e. The molecule has 0 radical (unpaired) electrons. The number of ether oxygens (including phenoxy) is 2. The predicted molar refractivity (Wildman–Crippen MR) is 134 cm³/mol. The molecule has 2 aromatic heterocycles. The summed E-state index contributed by atoms with van der Waals surface area (Å²) in [7, 11) is 1.86.